The average molecular weight is 302 g/mol. The Kier molecular flexibility index (Phi) is 4.09. The lowest BCUT2D eigenvalue weighted by Crippen LogP contribution is -2.19. The second-order valence-corrected chi connectivity index (χ2v) is 5.43. The van der Waals surface area contributed by atoms with Crippen LogP contribution in [0, 0.1) is 20.8 Å². The van der Waals surface area contributed by atoms with Crippen LogP contribution in [0.1, 0.15) is 32.9 Å². The van der Waals surface area contributed by atoms with Crippen molar-refractivity contribution in [3.05, 3.63) is 46.3 Å². The lowest BCUT2D eigenvalue weighted by molar-refractivity contribution is 0.102. The zero-order valence-corrected chi connectivity index (χ0v) is 13.3. The van der Waals surface area contributed by atoms with E-state index in [1.807, 2.05) is 40.0 Å². The molecule has 1 aromatic heterocycles. The second-order valence-electron chi connectivity index (χ2n) is 4.99. The summed E-state index contributed by atoms with van der Waals surface area (Å²) in [6.45, 7) is 5.58. The largest absolute Gasteiger partial charge is 0.389 e. The van der Waals surface area contributed by atoms with Gasteiger partial charge in [-0.2, -0.15) is 5.10 Å². The summed E-state index contributed by atoms with van der Waals surface area (Å²) in [5.74, 6) is -0.207. The molecule has 1 aromatic carbocycles. The van der Waals surface area contributed by atoms with Crippen LogP contribution in [0.3, 0.4) is 0 Å². The van der Waals surface area contributed by atoms with E-state index in [9.17, 15) is 4.79 Å². The number of nitrogens with two attached hydrogens (primary N) is 1. The quantitative estimate of drug-likeness (QED) is 0.853. The molecule has 1 amide bonds. The van der Waals surface area contributed by atoms with Crippen LogP contribution >= 0.6 is 12.2 Å². The number of carbonyl (C=O) groups is 1. The maximum Gasteiger partial charge on any atom is 0.259 e. The highest BCUT2D eigenvalue weighted by atomic mass is 32.1. The van der Waals surface area contributed by atoms with Gasteiger partial charge < -0.3 is 11.1 Å². The van der Waals surface area contributed by atoms with E-state index in [0.717, 1.165) is 11.3 Å². The molecule has 0 radical (unpaired) electrons. The van der Waals surface area contributed by atoms with Crippen molar-refractivity contribution >= 4 is 28.8 Å². The highest BCUT2D eigenvalue weighted by molar-refractivity contribution is 7.80. The van der Waals surface area contributed by atoms with E-state index < -0.39 is 0 Å². The third-order valence-corrected chi connectivity index (χ3v) is 3.71. The molecule has 21 heavy (non-hydrogen) atoms. The number of thiocarbonyl (C=S) groups is 1. The number of benzene rings is 1. The first-order chi connectivity index (χ1) is 9.82. The van der Waals surface area contributed by atoms with Crippen LogP contribution in [-0.2, 0) is 7.05 Å². The summed E-state index contributed by atoms with van der Waals surface area (Å²) in [6.07, 6.45) is 0. The molecule has 5 nitrogen and oxygen atoms in total. The van der Waals surface area contributed by atoms with Gasteiger partial charge in [0.1, 0.15) is 4.99 Å². The van der Waals surface area contributed by atoms with Gasteiger partial charge in [-0.15, -0.1) is 0 Å². The van der Waals surface area contributed by atoms with E-state index in [1.54, 1.807) is 10.7 Å². The summed E-state index contributed by atoms with van der Waals surface area (Å²) in [7, 11) is 1.81. The lowest BCUT2D eigenvalue weighted by Gasteiger charge is -2.12. The van der Waals surface area contributed by atoms with E-state index in [1.165, 1.54) is 0 Å². The predicted molar refractivity (Wildman–Crippen MR) is 87.7 cm³/mol. The molecule has 0 spiro atoms. The Morgan fingerprint density at radius 2 is 1.95 bits per heavy atom. The lowest BCUT2D eigenvalue weighted by atomic mass is 10.1. The number of nitrogens with one attached hydrogen (secondary N) is 1. The first-order valence-electron chi connectivity index (χ1n) is 6.54. The van der Waals surface area contributed by atoms with Crippen molar-refractivity contribution in [3.8, 4) is 0 Å². The first-order valence-corrected chi connectivity index (χ1v) is 6.94. The van der Waals surface area contributed by atoms with Crippen molar-refractivity contribution < 1.29 is 4.79 Å². The minimum absolute atomic E-state index is 0.207. The first kappa shape index (κ1) is 15.2. The van der Waals surface area contributed by atoms with Crippen LogP contribution in [0.15, 0.2) is 18.2 Å². The van der Waals surface area contributed by atoms with Gasteiger partial charge in [-0.1, -0.05) is 24.4 Å². The Morgan fingerprint density at radius 1 is 1.29 bits per heavy atom. The normalized spacial score (nSPS) is 10.5. The van der Waals surface area contributed by atoms with Gasteiger partial charge in [0.15, 0.2) is 0 Å². The van der Waals surface area contributed by atoms with E-state index in [2.05, 4.69) is 10.4 Å². The van der Waals surface area contributed by atoms with Gasteiger partial charge in [-0.25, -0.2) is 0 Å². The molecule has 0 bridgehead atoms. The number of aromatic nitrogens is 2. The molecule has 0 aliphatic carbocycles. The fraction of sp³-hybridized carbons (Fsp3) is 0.267. The summed E-state index contributed by atoms with van der Waals surface area (Å²) >= 11 is 5.07. The number of aryl methyl sites for hydroxylation is 3. The van der Waals surface area contributed by atoms with E-state index >= 15 is 0 Å². The Morgan fingerprint density at radius 3 is 2.48 bits per heavy atom. The molecule has 0 saturated carbocycles. The van der Waals surface area contributed by atoms with Crippen LogP contribution in [0.4, 0.5) is 5.69 Å². The number of nitrogens with zero attached hydrogens (tertiary/aromatic N) is 2. The smallest absolute Gasteiger partial charge is 0.259 e. The molecule has 3 N–H and O–H groups in total. The minimum Gasteiger partial charge on any atom is -0.389 e. The number of amides is 1. The van der Waals surface area contributed by atoms with Gasteiger partial charge in [0, 0.05) is 18.3 Å². The zero-order valence-electron chi connectivity index (χ0n) is 12.5. The number of rotatable bonds is 3. The molecular weight excluding hydrogens is 284 g/mol. The summed E-state index contributed by atoms with van der Waals surface area (Å²) in [5, 5.41) is 7.14. The number of hydrogen-bond acceptors (Lipinski definition) is 3. The molecule has 1 heterocycles. The topological polar surface area (TPSA) is 72.9 Å². The van der Waals surface area contributed by atoms with Crippen LogP contribution in [0.2, 0.25) is 0 Å². The van der Waals surface area contributed by atoms with Crippen molar-refractivity contribution in [3.63, 3.8) is 0 Å². The fourth-order valence-electron chi connectivity index (χ4n) is 2.39. The Bertz CT molecular complexity index is 734. The van der Waals surface area contributed by atoms with Gasteiger partial charge in [0.2, 0.25) is 0 Å². The molecule has 2 aromatic rings. The third kappa shape index (κ3) is 2.80. The summed E-state index contributed by atoms with van der Waals surface area (Å²) < 4.78 is 1.69. The standard InChI is InChI=1S/C15H18N4OS/c1-8-6-5-7-11(12(8)14(16)21)17-15(20)13-9(2)18-19(4)10(13)3/h5-7H,1-4H3,(H2,16,21)(H,17,20). The molecule has 0 aliphatic heterocycles. The molecule has 0 unspecified atom stereocenters. The van der Waals surface area contributed by atoms with Crippen LogP contribution in [-0.4, -0.2) is 20.7 Å². The Hall–Kier alpha value is -2.21. The summed E-state index contributed by atoms with van der Waals surface area (Å²) in [4.78, 5) is 12.8. The molecule has 0 saturated heterocycles. The second kappa shape index (κ2) is 5.65. The van der Waals surface area contributed by atoms with Gasteiger partial charge in [-0.3, -0.25) is 9.48 Å². The van der Waals surface area contributed by atoms with Crippen LogP contribution in [0.25, 0.3) is 0 Å². The van der Waals surface area contributed by atoms with E-state index in [4.69, 9.17) is 18.0 Å². The minimum atomic E-state index is -0.207. The number of hydrogen-bond donors (Lipinski definition) is 2. The van der Waals surface area contributed by atoms with E-state index in [-0.39, 0.29) is 10.9 Å². The van der Waals surface area contributed by atoms with Crippen molar-refractivity contribution in [1.82, 2.24) is 9.78 Å². The van der Waals surface area contributed by atoms with Gasteiger partial charge >= 0.3 is 0 Å². The SMILES string of the molecule is Cc1cccc(NC(=O)c2c(C)nn(C)c2C)c1C(N)=S. The number of carbonyl (C=O) groups excluding carboxylic acids is 1. The highest BCUT2D eigenvalue weighted by Gasteiger charge is 2.19. The Labute approximate surface area is 129 Å². The molecule has 0 fully saturated rings. The molecule has 110 valence electrons. The third-order valence-electron chi connectivity index (χ3n) is 3.50. The van der Waals surface area contributed by atoms with Crippen molar-refractivity contribution in [2.75, 3.05) is 5.32 Å². The Balaban J connectivity index is 2.41. The fourth-order valence-corrected chi connectivity index (χ4v) is 2.66. The molecule has 6 heteroatoms. The van der Waals surface area contributed by atoms with Gasteiger partial charge in [-0.05, 0) is 32.4 Å². The number of anilines is 1. The van der Waals surface area contributed by atoms with Gasteiger partial charge in [0.05, 0.1) is 16.9 Å². The van der Waals surface area contributed by atoms with Crippen molar-refractivity contribution in [1.29, 1.82) is 0 Å². The van der Waals surface area contributed by atoms with E-state index in [0.29, 0.717) is 22.5 Å². The van der Waals surface area contributed by atoms with Crippen LogP contribution in [0.5, 0.6) is 0 Å². The van der Waals surface area contributed by atoms with Crippen molar-refractivity contribution in [2.45, 2.75) is 20.8 Å². The molecule has 0 aliphatic rings. The maximum atomic E-state index is 12.5. The molecule has 0 atom stereocenters. The monoisotopic (exact) mass is 302 g/mol. The average Bonchev–Trinajstić information content (AvgIpc) is 2.62. The highest BCUT2D eigenvalue weighted by Crippen LogP contribution is 2.21. The summed E-state index contributed by atoms with van der Waals surface area (Å²) in [5.41, 5.74) is 10.1. The maximum absolute atomic E-state index is 12.5. The molecular formula is C15H18N4OS. The zero-order chi connectivity index (χ0) is 15.7. The van der Waals surface area contributed by atoms with Gasteiger partial charge in [0.25, 0.3) is 5.91 Å². The predicted octanol–water partition coefficient (Wildman–Crippen LogP) is 2.23. The van der Waals surface area contributed by atoms with Crippen LogP contribution < -0.4 is 11.1 Å². The summed E-state index contributed by atoms with van der Waals surface area (Å²) in [6, 6.07) is 5.56. The van der Waals surface area contributed by atoms with Crippen molar-refractivity contribution in [2.24, 2.45) is 12.8 Å². The molecule has 2 rings (SSSR count).